The Morgan fingerprint density at radius 1 is 1.29 bits per heavy atom. The SMILES string of the molecule is CN1CC[C@@](O)(C#Cc2cccc(-n3nc(C(N)=O)c4c3CCC[C@H]4NC(=O)C3CC3)c2)C1=O. The molecule has 0 bridgehead atoms. The predicted molar refractivity (Wildman–Crippen MR) is 123 cm³/mol. The number of hydrogen-bond donors (Lipinski definition) is 3. The fourth-order valence-electron chi connectivity index (χ4n) is 4.73. The first-order valence-corrected chi connectivity index (χ1v) is 11.6. The summed E-state index contributed by atoms with van der Waals surface area (Å²) in [7, 11) is 1.64. The smallest absolute Gasteiger partial charge is 0.269 e. The van der Waals surface area contributed by atoms with Crippen molar-refractivity contribution in [1.29, 1.82) is 0 Å². The van der Waals surface area contributed by atoms with E-state index in [1.54, 1.807) is 29.9 Å². The van der Waals surface area contributed by atoms with Crippen molar-refractivity contribution in [2.45, 2.75) is 50.2 Å². The summed E-state index contributed by atoms with van der Waals surface area (Å²) < 4.78 is 1.69. The third-order valence-corrected chi connectivity index (χ3v) is 6.79. The summed E-state index contributed by atoms with van der Waals surface area (Å²) in [5, 5.41) is 18.2. The molecular weight excluding hydrogens is 434 g/mol. The topological polar surface area (TPSA) is 131 Å². The van der Waals surface area contributed by atoms with E-state index in [0.717, 1.165) is 31.4 Å². The van der Waals surface area contributed by atoms with Gasteiger partial charge in [0.1, 0.15) is 0 Å². The molecule has 5 rings (SSSR count). The molecule has 1 aromatic heterocycles. The number of primary amides is 1. The summed E-state index contributed by atoms with van der Waals surface area (Å²) in [5.41, 5.74) is 6.98. The molecule has 1 aromatic carbocycles. The van der Waals surface area contributed by atoms with Gasteiger partial charge in [0.2, 0.25) is 11.5 Å². The Hall–Kier alpha value is -3.64. The number of rotatable bonds is 4. The Kier molecular flexibility index (Phi) is 5.41. The molecule has 0 radical (unpaired) electrons. The molecule has 2 aliphatic carbocycles. The van der Waals surface area contributed by atoms with E-state index in [-0.39, 0.29) is 30.0 Å². The Balaban J connectivity index is 1.49. The number of aliphatic hydroxyl groups is 1. The number of aromatic nitrogens is 2. The highest BCUT2D eigenvalue weighted by Crippen LogP contribution is 2.36. The summed E-state index contributed by atoms with van der Waals surface area (Å²) in [6.07, 6.45) is 4.33. The first-order valence-electron chi connectivity index (χ1n) is 11.6. The summed E-state index contributed by atoms with van der Waals surface area (Å²) in [5.74, 6) is 4.69. The molecule has 4 N–H and O–H groups in total. The van der Waals surface area contributed by atoms with Crippen molar-refractivity contribution in [3.63, 3.8) is 0 Å². The van der Waals surface area contributed by atoms with E-state index < -0.39 is 17.4 Å². The number of likely N-dealkylation sites (tertiary alicyclic amines) is 1. The van der Waals surface area contributed by atoms with Crippen LogP contribution in [0.15, 0.2) is 24.3 Å². The van der Waals surface area contributed by atoms with Crippen LogP contribution in [0.25, 0.3) is 5.69 Å². The molecule has 34 heavy (non-hydrogen) atoms. The van der Waals surface area contributed by atoms with Crippen LogP contribution < -0.4 is 11.1 Å². The maximum Gasteiger partial charge on any atom is 0.269 e. The second-order valence-corrected chi connectivity index (χ2v) is 9.35. The lowest BCUT2D eigenvalue weighted by Crippen LogP contribution is -2.37. The van der Waals surface area contributed by atoms with Gasteiger partial charge in [0.25, 0.3) is 11.8 Å². The van der Waals surface area contributed by atoms with Crippen LogP contribution in [0.5, 0.6) is 0 Å². The molecular formula is C25H27N5O4. The lowest BCUT2D eigenvalue weighted by molar-refractivity contribution is -0.137. The van der Waals surface area contributed by atoms with Gasteiger partial charge in [0.05, 0.1) is 17.4 Å². The summed E-state index contributed by atoms with van der Waals surface area (Å²) in [6.45, 7) is 0.456. The van der Waals surface area contributed by atoms with Gasteiger partial charge in [-0.2, -0.15) is 5.10 Å². The van der Waals surface area contributed by atoms with Crippen molar-refractivity contribution in [2.24, 2.45) is 11.7 Å². The molecule has 3 amide bonds. The normalized spacial score (nSPS) is 23.8. The number of likely N-dealkylation sites (N-methyl/N-ethyl adjacent to an activating group) is 1. The fraction of sp³-hybridized carbons (Fsp3) is 0.440. The van der Waals surface area contributed by atoms with Crippen LogP contribution in [0.2, 0.25) is 0 Å². The maximum absolute atomic E-state index is 12.4. The van der Waals surface area contributed by atoms with E-state index in [4.69, 9.17) is 5.73 Å². The Labute approximate surface area is 197 Å². The monoisotopic (exact) mass is 461 g/mol. The first-order chi connectivity index (χ1) is 16.3. The molecule has 3 aliphatic rings. The molecule has 176 valence electrons. The zero-order chi connectivity index (χ0) is 24.0. The van der Waals surface area contributed by atoms with Crippen molar-refractivity contribution < 1.29 is 19.5 Å². The van der Waals surface area contributed by atoms with Crippen molar-refractivity contribution in [1.82, 2.24) is 20.0 Å². The Morgan fingerprint density at radius 2 is 2.09 bits per heavy atom. The third-order valence-electron chi connectivity index (χ3n) is 6.79. The van der Waals surface area contributed by atoms with Crippen LogP contribution in [0.1, 0.15) is 65.5 Å². The number of nitrogens with two attached hydrogens (primary N) is 1. The van der Waals surface area contributed by atoms with Gasteiger partial charge in [-0.15, -0.1) is 0 Å². The van der Waals surface area contributed by atoms with Crippen LogP contribution in [0, 0.1) is 17.8 Å². The Morgan fingerprint density at radius 3 is 2.76 bits per heavy atom. The summed E-state index contributed by atoms with van der Waals surface area (Å²) >= 11 is 0. The van der Waals surface area contributed by atoms with E-state index in [0.29, 0.717) is 29.8 Å². The number of carbonyl (C=O) groups excluding carboxylic acids is 3. The van der Waals surface area contributed by atoms with Crippen LogP contribution in [-0.2, 0) is 16.0 Å². The van der Waals surface area contributed by atoms with Crippen molar-refractivity contribution in [3.8, 4) is 17.5 Å². The lowest BCUT2D eigenvalue weighted by atomic mass is 9.90. The molecule has 1 aliphatic heterocycles. The average Bonchev–Trinajstić information content (AvgIpc) is 3.56. The van der Waals surface area contributed by atoms with E-state index in [1.165, 1.54) is 4.90 Å². The fourth-order valence-corrected chi connectivity index (χ4v) is 4.73. The van der Waals surface area contributed by atoms with Gasteiger partial charge < -0.3 is 21.1 Å². The van der Waals surface area contributed by atoms with Crippen LogP contribution in [0.3, 0.4) is 0 Å². The highest BCUT2D eigenvalue weighted by atomic mass is 16.3. The number of carbonyl (C=O) groups is 3. The van der Waals surface area contributed by atoms with Gasteiger partial charge in [0.15, 0.2) is 5.69 Å². The molecule has 1 saturated carbocycles. The predicted octanol–water partition coefficient (Wildman–Crippen LogP) is 0.819. The van der Waals surface area contributed by atoms with Crippen molar-refractivity contribution in [3.05, 3.63) is 46.8 Å². The largest absolute Gasteiger partial charge is 0.369 e. The summed E-state index contributed by atoms with van der Waals surface area (Å²) in [4.78, 5) is 38.3. The number of amides is 3. The van der Waals surface area contributed by atoms with Crippen molar-refractivity contribution >= 4 is 17.7 Å². The first kappa shape index (κ1) is 22.2. The van der Waals surface area contributed by atoms with Crippen LogP contribution in [-0.4, -0.2) is 56.7 Å². The van der Waals surface area contributed by atoms with Gasteiger partial charge in [-0.3, -0.25) is 14.4 Å². The molecule has 2 atom stereocenters. The lowest BCUT2D eigenvalue weighted by Gasteiger charge is -2.25. The zero-order valence-corrected chi connectivity index (χ0v) is 19.0. The minimum Gasteiger partial charge on any atom is -0.369 e. The molecule has 2 fully saturated rings. The number of benzene rings is 1. The number of fused-ring (bicyclic) bond motifs is 1. The standard InChI is InChI=1S/C25H27N5O4/c1-29-13-12-25(34,24(29)33)11-10-15-4-2-5-17(14-15)30-19-7-3-6-18(27-23(32)16-8-9-16)20(19)21(28-30)22(26)31/h2,4-5,14,16,18,34H,3,6-9,12-13H2,1H3,(H2,26,31)(H,27,32)/t18-,25+/m1/s1. The van der Waals surface area contributed by atoms with Gasteiger partial charge in [-0.05, 0) is 50.3 Å². The van der Waals surface area contributed by atoms with E-state index >= 15 is 0 Å². The molecule has 9 nitrogen and oxygen atoms in total. The highest BCUT2D eigenvalue weighted by molar-refractivity contribution is 5.93. The minimum atomic E-state index is -1.68. The number of nitrogens with zero attached hydrogens (tertiary/aromatic N) is 3. The molecule has 1 saturated heterocycles. The molecule has 2 heterocycles. The third kappa shape index (κ3) is 3.94. The minimum absolute atomic E-state index is 0.0170. The van der Waals surface area contributed by atoms with Crippen molar-refractivity contribution in [2.75, 3.05) is 13.6 Å². The quantitative estimate of drug-likeness (QED) is 0.581. The van der Waals surface area contributed by atoms with Gasteiger partial charge in [0, 0.05) is 37.1 Å². The molecule has 0 unspecified atom stereocenters. The average molecular weight is 462 g/mol. The summed E-state index contributed by atoms with van der Waals surface area (Å²) in [6, 6.07) is 6.94. The second-order valence-electron chi connectivity index (χ2n) is 9.35. The molecule has 0 spiro atoms. The van der Waals surface area contributed by atoms with Gasteiger partial charge >= 0.3 is 0 Å². The van der Waals surface area contributed by atoms with E-state index in [9.17, 15) is 19.5 Å². The second kappa shape index (κ2) is 8.29. The number of hydrogen-bond acceptors (Lipinski definition) is 5. The van der Waals surface area contributed by atoms with Gasteiger partial charge in [-0.25, -0.2) is 4.68 Å². The Bertz CT molecular complexity index is 1250. The van der Waals surface area contributed by atoms with Crippen LogP contribution in [0.4, 0.5) is 0 Å². The number of nitrogens with one attached hydrogen (secondary N) is 1. The van der Waals surface area contributed by atoms with E-state index in [1.807, 2.05) is 6.07 Å². The van der Waals surface area contributed by atoms with Gasteiger partial charge in [-0.1, -0.05) is 17.9 Å². The molecule has 2 aromatic rings. The maximum atomic E-state index is 12.4. The molecule has 9 heteroatoms. The zero-order valence-electron chi connectivity index (χ0n) is 19.0. The highest BCUT2D eigenvalue weighted by Gasteiger charge is 2.42. The van der Waals surface area contributed by atoms with Crippen LogP contribution >= 0.6 is 0 Å². The van der Waals surface area contributed by atoms with E-state index in [2.05, 4.69) is 22.3 Å².